The lowest BCUT2D eigenvalue weighted by Gasteiger charge is -2.17. The summed E-state index contributed by atoms with van der Waals surface area (Å²) in [7, 11) is 3.46. The van der Waals surface area contributed by atoms with Crippen LogP contribution < -0.4 is 10.6 Å². The van der Waals surface area contributed by atoms with Gasteiger partial charge >= 0.3 is 0 Å². The zero-order valence-electron chi connectivity index (χ0n) is 17.7. The Labute approximate surface area is 169 Å². The average molecular weight is 393 g/mol. The van der Waals surface area contributed by atoms with Gasteiger partial charge in [0.2, 0.25) is 5.91 Å². The third-order valence-corrected chi connectivity index (χ3v) is 3.97. The van der Waals surface area contributed by atoms with Crippen molar-refractivity contribution >= 4 is 11.9 Å². The van der Waals surface area contributed by atoms with E-state index >= 15 is 0 Å². The van der Waals surface area contributed by atoms with Gasteiger partial charge in [-0.15, -0.1) is 0 Å². The SMILES string of the molecule is CCOCCCNC(=NCC(=O)N(C)C)NCC(C)COCc1ccccc1. The van der Waals surface area contributed by atoms with Crippen molar-refractivity contribution in [1.82, 2.24) is 15.5 Å². The Kier molecular flexibility index (Phi) is 12.7. The van der Waals surface area contributed by atoms with Crippen molar-refractivity contribution in [2.24, 2.45) is 10.9 Å². The molecule has 1 aromatic rings. The highest BCUT2D eigenvalue weighted by Gasteiger charge is 2.07. The van der Waals surface area contributed by atoms with Crippen LogP contribution in [0, 0.1) is 5.92 Å². The van der Waals surface area contributed by atoms with Gasteiger partial charge in [-0.25, -0.2) is 4.99 Å². The van der Waals surface area contributed by atoms with E-state index in [0.717, 1.165) is 19.6 Å². The fourth-order valence-electron chi connectivity index (χ4n) is 2.27. The summed E-state index contributed by atoms with van der Waals surface area (Å²) in [6.07, 6.45) is 0.881. The number of guanidine groups is 1. The molecule has 1 aromatic carbocycles. The second-order valence-corrected chi connectivity index (χ2v) is 6.92. The largest absolute Gasteiger partial charge is 0.382 e. The monoisotopic (exact) mass is 392 g/mol. The molecule has 28 heavy (non-hydrogen) atoms. The van der Waals surface area contributed by atoms with Gasteiger partial charge in [0, 0.05) is 40.4 Å². The minimum absolute atomic E-state index is 0.0327. The van der Waals surface area contributed by atoms with Gasteiger partial charge in [0.25, 0.3) is 0 Å². The van der Waals surface area contributed by atoms with Gasteiger partial charge in [0.15, 0.2) is 5.96 Å². The van der Waals surface area contributed by atoms with Crippen molar-refractivity contribution in [3.05, 3.63) is 35.9 Å². The van der Waals surface area contributed by atoms with Gasteiger partial charge in [-0.1, -0.05) is 37.3 Å². The predicted molar refractivity (Wildman–Crippen MR) is 113 cm³/mol. The van der Waals surface area contributed by atoms with Crippen LogP contribution >= 0.6 is 0 Å². The number of nitrogens with zero attached hydrogens (tertiary/aromatic N) is 2. The summed E-state index contributed by atoms with van der Waals surface area (Å²) in [4.78, 5) is 17.7. The molecule has 7 heteroatoms. The fourth-order valence-corrected chi connectivity index (χ4v) is 2.27. The van der Waals surface area contributed by atoms with Crippen LogP contribution in [-0.2, 0) is 20.9 Å². The normalized spacial score (nSPS) is 12.5. The number of hydrogen-bond donors (Lipinski definition) is 2. The maximum atomic E-state index is 11.8. The van der Waals surface area contributed by atoms with E-state index in [0.29, 0.717) is 38.2 Å². The maximum absolute atomic E-state index is 11.8. The minimum Gasteiger partial charge on any atom is -0.382 e. The molecule has 0 fully saturated rings. The molecule has 1 rings (SSSR count). The Morgan fingerprint density at radius 2 is 1.93 bits per heavy atom. The van der Waals surface area contributed by atoms with Gasteiger partial charge in [-0.05, 0) is 24.8 Å². The van der Waals surface area contributed by atoms with E-state index in [2.05, 4.69) is 34.7 Å². The lowest BCUT2D eigenvalue weighted by molar-refractivity contribution is -0.127. The number of nitrogens with one attached hydrogen (secondary N) is 2. The van der Waals surface area contributed by atoms with Gasteiger partial charge in [-0.2, -0.15) is 0 Å². The summed E-state index contributed by atoms with van der Waals surface area (Å²) in [6.45, 7) is 8.35. The number of likely N-dealkylation sites (N-methyl/N-ethyl adjacent to an activating group) is 1. The van der Waals surface area contributed by atoms with Crippen LogP contribution in [0.5, 0.6) is 0 Å². The average Bonchev–Trinajstić information content (AvgIpc) is 2.69. The predicted octanol–water partition coefficient (Wildman–Crippen LogP) is 1.89. The molecule has 1 atom stereocenters. The quantitative estimate of drug-likeness (QED) is 0.305. The van der Waals surface area contributed by atoms with Crippen LogP contribution in [0.25, 0.3) is 0 Å². The van der Waals surface area contributed by atoms with Crippen molar-refractivity contribution in [2.75, 3.05) is 53.6 Å². The standard InChI is InChI=1S/C21H36N4O3/c1-5-27-13-9-12-22-21(24-15-20(26)25(3)4)23-14-18(2)16-28-17-19-10-7-6-8-11-19/h6-8,10-11,18H,5,9,12-17H2,1-4H3,(H2,22,23,24). The van der Waals surface area contributed by atoms with Crippen molar-refractivity contribution in [2.45, 2.75) is 26.9 Å². The molecule has 2 N–H and O–H groups in total. The fraction of sp³-hybridized carbons (Fsp3) is 0.619. The van der Waals surface area contributed by atoms with Crippen molar-refractivity contribution in [3.63, 3.8) is 0 Å². The number of hydrogen-bond acceptors (Lipinski definition) is 4. The van der Waals surface area contributed by atoms with Crippen LogP contribution in [0.3, 0.4) is 0 Å². The molecule has 0 saturated carbocycles. The first-order valence-corrected chi connectivity index (χ1v) is 9.94. The van der Waals surface area contributed by atoms with Gasteiger partial charge in [-0.3, -0.25) is 4.79 Å². The summed E-state index contributed by atoms with van der Waals surface area (Å²) in [5, 5.41) is 6.56. The number of amides is 1. The molecule has 0 aliphatic rings. The van der Waals surface area contributed by atoms with E-state index in [1.165, 1.54) is 10.5 Å². The number of carbonyl (C=O) groups excluding carboxylic acids is 1. The summed E-state index contributed by atoms with van der Waals surface area (Å²) in [5.74, 6) is 0.917. The highest BCUT2D eigenvalue weighted by molar-refractivity contribution is 5.84. The molecule has 1 amide bonds. The zero-order valence-corrected chi connectivity index (χ0v) is 17.7. The van der Waals surface area contributed by atoms with Gasteiger partial charge in [0.1, 0.15) is 6.54 Å². The van der Waals surface area contributed by atoms with Crippen LogP contribution in [0.4, 0.5) is 0 Å². The molecule has 0 aromatic heterocycles. The first-order valence-electron chi connectivity index (χ1n) is 9.94. The van der Waals surface area contributed by atoms with Crippen molar-refractivity contribution in [1.29, 1.82) is 0 Å². The Hall–Kier alpha value is -2.12. The Morgan fingerprint density at radius 1 is 1.18 bits per heavy atom. The highest BCUT2D eigenvalue weighted by Crippen LogP contribution is 2.02. The lowest BCUT2D eigenvalue weighted by Crippen LogP contribution is -2.41. The molecular weight excluding hydrogens is 356 g/mol. The maximum Gasteiger partial charge on any atom is 0.243 e. The molecule has 0 spiro atoms. The molecule has 0 aliphatic heterocycles. The first-order chi connectivity index (χ1) is 13.5. The highest BCUT2D eigenvalue weighted by atomic mass is 16.5. The van der Waals surface area contributed by atoms with E-state index in [9.17, 15) is 4.79 Å². The Balaban J connectivity index is 2.38. The van der Waals surface area contributed by atoms with Crippen LogP contribution in [0.15, 0.2) is 35.3 Å². The van der Waals surface area contributed by atoms with Gasteiger partial charge < -0.3 is 25.0 Å². The summed E-state index contributed by atoms with van der Waals surface area (Å²) in [6, 6.07) is 10.1. The van der Waals surface area contributed by atoms with Gasteiger partial charge in [0.05, 0.1) is 13.2 Å². The second kappa shape index (κ2) is 14.9. The van der Waals surface area contributed by atoms with E-state index in [1.807, 2.05) is 25.1 Å². The minimum atomic E-state index is -0.0327. The number of benzene rings is 1. The molecule has 0 heterocycles. The van der Waals surface area contributed by atoms with E-state index in [4.69, 9.17) is 9.47 Å². The zero-order chi connectivity index (χ0) is 20.6. The van der Waals surface area contributed by atoms with Crippen molar-refractivity contribution in [3.8, 4) is 0 Å². The number of carbonyl (C=O) groups is 1. The third-order valence-electron chi connectivity index (χ3n) is 3.97. The van der Waals surface area contributed by atoms with E-state index < -0.39 is 0 Å². The van der Waals surface area contributed by atoms with Crippen molar-refractivity contribution < 1.29 is 14.3 Å². The topological polar surface area (TPSA) is 75.2 Å². The van der Waals surface area contributed by atoms with E-state index in [-0.39, 0.29) is 12.5 Å². The van der Waals surface area contributed by atoms with Crippen LogP contribution in [0.2, 0.25) is 0 Å². The number of ether oxygens (including phenoxy) is 2. The molecule has 0 radical (unpaired) electrons. The summed E-state index contributed by atoms with van der Waals surface area (Å²) in [5.41, 5.74) is 1.17. The lowest BCUT2D eigenvalue weighted by atomic mass is 10.2. The smallest absolute Gasteiger partial charge is 0.243 e. The number of aliphatic imine (C=N–C) groups is 1. The number of rotatable bonds is 13. The van der Waals surface area contributed by atoms with E-state index in [1.54, 1.807) is 14.1 Å². The van der Waals surface area contributed by atoms with Crippen LogP contribution in [0.1, 0.15) is 25.8 Å². The molecule has 0 saturated heterocycles. The Bertz CT molecular complexity index is 564. The molecule has 7 nitrogen and oxygen atoms in total. The molecule has 0 bridgehead atoms. The third kappa shape index (κ3) is 11.6. The first kappa shape index (κ1) is 23.9. The molecular formula is C21H36N4O3. The molecule has 1 unspecified atom stereocenters. The molecule has 0 aliphatic carbocycles. The van der Waals surface area contributed by atoms with Crippen LogP contribution in [-0.4, -0.2) is 70.3 Å². The second-order valence-electron chi connectivity index (χ2n) is 6.92. The summed E-state index contributed by atoms with van der Waals surface area (Å²) < 4.78 is 11.1. The summed E-state index contributed by atoms with van der Waals surface area (Å²) >= 11 is 0. The Morgan fingerprint density at radius 3 is 2.61 bits per heavy atom. The molecule has 158 valence electrons.